The number of fused-ring (bicyclic) bond motifs is 3. The van der Waals surface area contributed by atoms with Crippen molar-refractivity contribution < 1.29 is 0 Å². The number of aromatic nitrogens is 3. The van der Waals surface area contributed by atoms with Gasteiger partial charge in [-0.1, -0.05) is 66.7 Å². The Morgan fingerprint density at radius 1 is 0.560 bits per heavy atom. The summed E-state index contributed by atoms with van der Waals surface area (Å²) in [4.78, 5) is 9.01. The average Bonchev–Trinajstić information content (AvgIpc) is 3.13. The van der Waals surface area contributed by atoms with Gasteiger partial charge in [-0.15, -0.1) is 0 Å². The summed E-state index contributed by atoms with van der Waals surface area (Å²) in [6.45, 7) is 0. The van der Waals surface area contributed by atoms with E-state index in [9.17, 15) is 0 Å². The standard InChI is InChI=1S/C22H15N3/c1-2-6-16(7-3-1)17-10-12-18(13-11-17)21-14-24-22-15-23-19-8-4-5-9-20(19)25(21)22/h1-15H. The highest BCUT2D eigenvalue weighted by Crippen LogP contribution is 2.27. The highest BCUT2D eigenvalue weighted by molar-refractivity contribution is 5.81. The van der Waals surface area contributed by atoms with Gasteiger partial charge in [0.2, 0.25) is 0 Å². The molecule has 0 radical (unpaired) electrons. The Kier molecular flexibility index (Phi) is 3.10. The quantitative estimate of drug-likeness (QED) is 0.446. The number of rotatable bonds is 2. The SMILES string of the molecule is c1ccc(-c2ccc(-c3cnc4cnc5ccccc5n34)cc2)cc1. The molecule has 3 nitrogen and oxygen atoms in total. The van der Waals surface area contributed by atoms with Crippen LogP contribution in [0.2, 0.25) is 0 Å². The molecule has 3 heteroatoms. The molecule has 25 heavy (non-hydrogen) atoms. The van der Waals surface area contributed by atoms with Crippen molar-refractivity contribution in [3.8, 4) is 22.4 Å². The lowest BCUT2D eigenvalue weighted by atomic mass is 10.0. The van der Waals surface area contributed by atoms with Crippen LogP contribution in [0.25, 0.3) is 39.1 Å². The average molecular weight is 321 g/mol. The molecule has 0 aliphatic heterocycles. The van der Waals surface area contributed by atoms with Gasteiger partial charge in [0.1, 0.15) is 0 Å². The maximum atomic E-state index is 4.53. The largest absolute Gasteiger partial charge is 0.289 e. The zero-order valence-corrected chi connectivity index (χ0v) is 13.5. The fourth-order valence-corrected chi connectivity index (χ4v) is 3.27. The molecule has 2 heterocycles. The van der Waals surface area contributed by atoms with Crippen LogP contribution in [0.1, 0.15) is 0 Å². The van der Waals surface area contributed by atoms with Gasteiger partial charge in [0.25, 0.3) is 0 Å². The summed E-state index contributed by atoms with van der Waals surface area (Å²) in [6.07, 6.45) is 3.74. The fraction of sp³-hybridized carbons (Fsp3) is 0. The van der Waals surface area contributed by atoms with E-state index >= 15 is 0 Å². The first kappa shape index (κ1) is 13.9. The molecule has 0 fully saturated rings. The molecule has 0 atom stereocenters. The van der Waals surface area contributed by atoms with E-state index < -0.39 is 0 Å². The van der Waals surface area contributed by atoms with Crippen molar-refractivity contribution >= 4 is 16.7 Å². The van der Waals surface area contributed by atoms with E-state index in [1.807, 2.05) is 36.7 Å². The second kappa shape index (κ2) is 5.56. The maximum Gasteiger partial charge on any atom is 0.156 e. The van der Waals surface area contributed by atoms with Gasteiger partial charge < -0.3 is 0 Å². The van der Waals surface area contributed by atoms with Crippen LogP contribution in [0.15, 0.2) is 91.3 Å². The van der Waals surface area contributed by atoms with Crippen molar-refractivity contribution in [2.24, 2.45) is 0 Å². The van der Waals surface area contributed by atoms with Crippen molar-refractivity contribution in [2.45, 2.75) is 0 Å². The minimum absolute atomic E-state index is 0.862. The maximum absolute atomic E-state index is 4.53. The molecule has 5 aromatic rings. The summed E-state index contributed by atoms with van der Waals surface area (Å²) in [5.41, 5.74) is 7.55. The second-order valence-electron chi connectivity index (χ2n) is 6.03. The normalized spacial score (nSPS) is 11.2. The minimum Gasteiger partial charge on any atom is -0.289 e. The number of hydrogen-bond donors (Lipinski definition) is 0. The molecular weight excluding hydrogens is 306 g/mol. The summed E-state index contributed by atoms with van der Waals surface area (Å²) in [5, 5.41) is 0. The van der Waals surface area contributed by atoms with E-state index in [1.165, 1.54) is 11.1 Å². The van der Waals surface area contributed by atoms with Crippen LogP contribution in [0.3, 0.4) is 0 Å². The third-order valence-electron chi connectivity index (χ3n) is 4.52. The van der Waals surface area contributed by atoms with Gasteiger partial charge in [-0.05, 0) is 23.3 Å². The topological polar surface area (TPSA) is 30.2 Å². The summed E-state index contributed by atoms with van der Waals surface area (Å²) >= 11 is 0. The number of nitrogens with zero attached hydrogens (tertiary/aromatic N) is 3. The third-order valence-corrected chi connectivity index (χ3v) is 4.52. The van der Waals surface area contributed by atoms with Crippen LogP contribution in [-0.2, 0) is 0 Å². The molecule has 0 spiro atoms. The predicted octanol–water partition coefficient (Wildman–Crippen LogP) is 5.22. The highest BCUT2D eigenvalue weighted by Gasteiger charge is 2.09. The van der Waals surface area contributed by atoms with E-state index in [0.29, 0.717) is 0 Å². The number of imidazole rings is 1. The van der Waals surface area contributed by atoms with E-state index in [0.717, 1.165) is 27.9 Å². The summed E-state index contributed by atoms with van der Waals surface area (Å²) in [5.74, 6) is 0. The Morgan fingerprint density at radius 2 is 1.24 bits per heavy atom. The number of para-hydroxylation sites is 2. The Bertz CT molecular complexity index is 1170. The molecule has 2 aromatic heterocycles. The first-order valence-corrected chi connectivity index (χ1v) is 8.27. The van der Waals surface area contributed by atoms with Gasteiger partial charge in [0, 0.05) is 5.56 Å². The third kappa shape index (κ3) is 2.29. The number of benzene rings is 3. The van der Waals surface area contributed by atoms with E-state index in [1.54, 1.807) is 0 Å². The molecule has 5 rings (SSSR count). The molecule has 0 saturated heterocycles. The van der Waals surface area contributed by atoms with Gasteiger partial charge in [0.15, 0.2) is 5.65 Å². The molecule has 0 unspecified atom stereocenters. The van der Waals surface area contributed by atoms with Gasteiger partial charge in [-0.2, -0.15) is 0 Å². The second-order valence-corrected chi connectivity index (χ2v) is 6.03. The van der Waals surface area contributed by atoms with E-state index in [-0.39, 0.29) is 0 Å². The first-order valence-electron chi connectivity index (χ1n) is 8.27. The van der Waals surface area contributed by atoms with Gasteiger partial charge in [-0.25, -0.2) is 4.98 Å². The molecule has 118 valence electrons. The molecule has 0 N–H and O–H groups in total. The summed E-state index contributed by atoms with van der Waals surface area (Å²) in [7, 11) is 0. The van der Waals surface area contributed by atoms with E-state index in [2.05, 4.69) is 69.0 Å². The Labute approximate surface area is 145 Å². The highest BCUT2D eigenvalue weighted by atomic mass is 15.0. The minimum atomic E-state index is 0.862. The molecule has 0 saturated carbocycles. The van der Waals surface area contributed by atoms with Crippen molar-refractivity contribution in [3.05, 3.63) is 91.3 Å². The van der Waals surface area contributed by atoms with Crippen LogP contribution >= 0.6 is 0 Å². The summed E-state index contributed by atoms with van der Waals surface area (Å²) in [6, 6.07) is 27.2. The van der Waals surface area contributed by atoms with Crippen LogP contribution in [0.5, 0.6) is 0 Å². The smallest absolute Gasteiger partial charge is 0.156 e. The Morgan fingerprint density at radius 3 is 2.08 bits per heavy atom. The molecule has 0 bridgehead atoms. The summed E-state index contributed by atoms with van der Waals surface area (Å²) < 4.78 is 2.17. The molecule has 0 aliphatic rings. The lowest BCUT2D eigenvalue weighted by molar-refractivity contribution is 1.21. The Hall–Kier alpha value is -3.46. The molecule has 3 aromatic carbocycles. The number of hydrogen-bond acceptors (Lipinski definition) is 2. The van der Waals surface area contributed by atoms with Crippen LogP contribution < -0.4 is 0 Å². The molecule has 0 amide bonds. The lowest BCUT2D eigenvalue weighted by Gasteiger charge is -2.07. The lowest BCUT2D eigenvalue weighted by Crippen LogP contribution is -1.93. The van der Waals surface area contributed by atoms with Crippen molar-refractivity contribution in [1.82, 2.24) is 14.4 Å². The van der Waals surface area contributed by atoms with Crippen molar-refractivity contribution in [2.75, 3.05) is 0 Å². The van der Waals surface area contributed by atoms with Crippen LogP contribution in [0.4, 0.5) is 0 Å². The zero-order chi connectivity index (χ0) is 16.6. The Balaban J connectivity index is 1.67. The first-order chi connectivity index (χ1) is 12.4. The van der Waals surface area contributed by atoms with Crippen LogP contribution in [-0.4, -0.2) is 14.4 Å². The van der Waals surface area contributed by atoms with Crippen molar-refractivity contribution in [1.29, 1.82) is 0 Å². The fourth-order valence-electron chi connectivity index (χ4n) is 3.27. The predicted molar refractivity (Wildman–Crippen MR) is 101 cm³/mol. The molecular formula is C22H15N3. The van der Waals surface area contributed by atoms with Crippen LogP contribution in [0, 0.1) is 0 Å². The zero-order valence-electron chi connectivity index (χ0n) is 13.5. The van der Waals surface area contributed by atoms with Gasteiger partial charge in [-0.3, -0.25) is 9.38 Å². The van der Waals surface area contributed by atoms with E-state index in [4.69, 9.17) is 0 Å². The molecule has 0 aliphatic carbocycles. The monoisotopic (exact) mass is 321 g/mol. The van der Waals surface area contributed by atoms with Gasteiger partial charge >= 0.3 is 0 Å². The van der Waals surface area contributed by atoms with Crippen molar-refractivity contribution in [3.63, 3.8) is 0 Å². The van der Waals surface area contributed by atoms with Gasteiger partial charge in [0.05, 0.1) is 29.1 Å².